The van der Waals surface area contributed by atoms with Crippen molar-refractivity contribution in [3.63, 3.8) is 0 Å². The third kappa shape index (κ3) is 2.65. The number of nitrogens with zero attached hydrogens (tertiary/aromatic N) is 3. The summed E-state index contributed by atoms with van der Waals surface area (Å²) in [6.07, 6.45) is -3.36. The quantitative estimate of drug-likeness (QED) is 0.809. The lowest BCUT2D eigenvalue weighted by molar-refractivity contribution is -0.145. The Morgan fingerprint density at radius 3 is 2.75 bits per heavy atom. The molecule has 0 N–H and O–H groups in total. The molecule has 0 fully saturated rings. The van der Waals surface area contributed by atoms with E-state index in [2.05, 4.69) is 14.8 Å². The third-order valence-corrected chi connectivity index (χ3v) is 2.55. The second-order valence-electron chi connectivity index (χ2n) is 3.90. The van der Waals surface area contributed by atoms with Crippen LogP contribution in [0.1, 0.15) is 27.8 Å². The molecule has 0 radical (unpaired) electrons. The van der Waals surface area contributed by atoms with Gasteiger partial charge in [-0.3, -0.25) is 0 Å². The molecule has 2 aromatic rings. The fourth-order valence-electron chi connectivity index (χ4n) is 1.58. The maximum Gasteiger partial charge on any atom is 0.453 e. The molecule has 0 aliphatic carbocycles. The predicted octanol–water partition coefficient (Wildman–Crippen LogP) is 2.03. The van der Waals surface area contributed by atoms with Gasteiger partial charge in [-0.1, -0.05) is 0 Å². The molecule has 2 heterocycles. The van der Waals surface area contributed by atoms with Gasteiger partial charge in [0.1, 0.15) is 5.82 Å². The third-order valence-electron chi connectivity index (χ3n) is 2.55. The number of ether oxygens (including phenoxy) is 1. The smallest absolute Gasteiger partial charge is 0.453 e. The van der Waals surface area contributed by atoms with Gasteiger partial charge in [0, 0.05) is 5.56 Å². The van der Waals surface area contributed by atoms with Crippen LogP contribution in [0.15, 0.2) is 16.7 Å². The molecule has 2 aromatic heterocycles. The minimum atomic E-state index is -4.61. The van der Waals surface area contributed by atoms with E-state index >= 15 is 0 Å². The van der Waals surface area contributed by atoms with Crippen LogP contribution in [0.3, 0.4) is 0 Å². The van der Waals surface area contributed by atoms with Crippen molar-refractivity contribution >= 4 is 5.97 Å². The fourth-order valence-corrected chi connectivity index (χ4v) is 1.58. The van der Waals surface area contributed by atoms with Crippen LogP contribution < -0.4 is 0 Å². The summed E-state index contributed by atoms with van der Waals surface area (Å²) in [6.45, 7) is 1.32. The van der Waals surface area contributed by atoms with Crippen LogP contribution in [-0.4, -0.2) is 27.8 Å². The number of hydrogen-bond donors (Lipinski definition) is 0. The van der Waals surface area contributed by atoms with Gasteiger partial charge in [-0.15, -0.1) is 5.10 Å². The van der Waals surface area contributed by atoms with Crippen molar-refractivity contribution in [2.45, 2.75) is 19.6 Å². The zero-order valence-electron chi connectivity index (χ0n) is 10.6. The molecule has 9 heteroatoms. The van der Waals surface area contributed by atoms with Crippen molar-refractivity contribution in [2.75, 3.05) is 7.11 Å². The van der Waals surface area contributed by atoms with Crippen molar-refractivity contribution < 1.29 is 27.1 Å². The highest BCUT2D eigenvalue weighted by molar-refractivity contribution is 5.87. The number of halogens is 3. The summed E-state index contributed by atoms with van der Waals surface area (Å²) >= 11 is 0. The van der Waals surface area contributed by atoms with Gasteiger partial charge in [0.05, 0.1) is 19.9 Å². The average Bonchev–Trinajstić information content (AvgIpc) is 2.96. The number of esters is 1. The maximum absolute atomic E-state index is 12.5. The van der Waals surface area contributed by atoms with Gasteiger partial charge >= 0.3 is 12.1 Å². The fraction of sp³-hybridized carbons (Fsp3) is 0.364. The molecule has 6 nitrogen and oxygen atoms in total. The summed E-state index contributed by atoms with van der Waals surface area (Å²) in [7, 11) is 1.18. The number of aryl methyl sites for hydroxylation is 1. The Hall–Kier alpha value is -2.32. The van der Waals surface area contributed by atoms with Crippen molar-refractivity contribution in [2.24, 2.45) is 0 Å². The van der Waals surface area contributed by atoms with Crippen LogP contribution in [-0.2, 0) is 17.5 Å². The lowest BCUT2D eigenvalue weighted by Crippen LogP contribution is -2.11. The number of rotatable bonds is 3. The minimum Gasteiger partial charge on any atom is -0.463 e. The Bertz CT molecular complexity index is 630. The van der Waals surface area contributed by atoms with E-state index in [0.717, 1.165) is 4.68 Å². The minimum absolute atomic E-state index is 0.0732. The molecule has 20 heavy (non-hydrogen) atoms. The summed E-state index contributed by atoms with van der Waals surface area (Å²) in [4.78, 5) is 14.7. The maximum atomic E-state index is 12.5. The van der Waals surface area contributed by atoms with Gasteiger partial charge in [0.25, 0.3) is 5.82 Å². The van der Waals surface area contributed by atoms with Crippen molar-refractivity contribution in [3.05, 3.63) is 35.3 Å². The molecular weight excluding hydrogens is 279 g/mol. The topological polar surface area (TPSA) is 70.2 Å². The molecule has 0 aromatic carbocycles. The Balaban J connectivity index is 2.29. The van der Waals surface area contributed by atoms with Crippen LogP contribution in [0.25, 0.3) is 0 Å². The van der Waals surface area contributed by atoms with Crippen LogP contribution in [0, 0.1) is 6.92 Å². The van der Waals surface area contributed by atoms with Crippen LogP contribution in [0.4, 0.5) is 13.2 Å². The SMILES string of the molecule is COC(=O)c1occc1Cn1nc(C(F)(F)F)nc1C. The van der Waals surface area contributed by atoms with Gasteiger partial charge in [-0.2, -0.15) is 13.2 Å². The van der Waals surface area contributed by atoms with E-state index in [1.807, 2.05) is 0 Å². The lowest BCUT2D eigenvalue weighted by atomic mass is 10.2. The highest BCUT2D eigenvalue weighted by Gasteiger charge is 2.36. The van der Waals surface area contributed by atoms with Crippen LogP contribution in [0.2, 0.25) is 0 Å². The predicted molar refractivity (Wildman–Crippen MR) is 58.9 cm³/mol. The standard InChI is InChI=1S/C11H10F3N3O3/c1-6-15-10(11(12,13)14)16-17(6)5-7-3-4-20-8(7)9(18)19-2/h3-4H,5H2,1-2H3. The molecule has 0 amide bonds. The van der Waals surface area contributed by atoms with Crippen molar-refractivity contribution in [1.29, 1.82) is 0 Å². The van der Waals surface area contributed by atoms with E-state index in [1.165, 1.54) is 26.4 Å². The number of aromatic nitrogens is 3. The van der Waals surface area contributed by atoms with E-state index in [-0.39, 0.29) is 18.1 Å². The van der Waals surface area contributed by atoms with E-state index in [0.29, 0.717) is 5.56 Å². The summed E-state index contributed by atoms with van der Waals surface area (Å²) in [5, 5.41) is 3.37. The number of carbonyl (C=O) groups is 1. The Morgan fingerprint density at radius 1 is 1.50 bits per heavy atom. The van der Waals surface area contributed by atoms with Gasteiger partial charge in [-0.25, -0.2) is 14.5 Å². The highest BCUT2D eigenvalue weighted by atomic mass is 19.4. The number of furan rings is 1. The lowest BCUT2D eigenvalue weighted by Gasteiger charge is -2.03. The zero-order valence-corrected chi connectivity index (χ0v) is 10.6. The second kappa shape index (κ2) is 4.99. The second-order valence-corrected chi connectivity index (χ2v) is 3.90. The molecule has 0 aliphatic heterocycles. The Morgan fingerprint density at radius 2 is 2.20 bits per heavy atom. The molecule has 0 saturated heterocycles. The molecule has 0 spiro atoms. The summed E-state index contributed by atoms with van der Waals surface area (Å²) in [6, 6.07) is 1.46. The highest BCUT2D eigenvalue weighted by Crippen LogP contribution is 2.26. The van der Waals surface area contributed by atoms with Gasteiger partial charge < -0.3 is 9.15 Å². The number of hydrogen-bond acceptors (Lipinski definition) is 5. The zero-order chi connectivity index (χ0) is 14.9. The van der Waals surface area contributed by atoms with Gasteiger partial charge in [0.2, 0.25) is 5.76 Å². The van der Waals surface area contributed by atoms with Crippen molar-refractivity contribution in [3.8, 4) is 0 Å². The van der Waals surface area contributed by atoms with Gasteiger partial charge in [-0.05, 0) is 13.0 Å². The molecule has 0 saturated carbocycles. The van der Waals surface area contributed by atoms with E-state index in [9.17, 15) is 18.0 Å². The summed E-state index contributed by atoms with van der Waals surface area (Å²) < 4.78 is 48.0. The van der Waals surface area contributed by atoms with E-state index in [4.69, 9.17) is 4.42 Å². The Labute approximate surface area is 111 Å². The molecular formula is C11H10F3N3O3. The van der Waals surface area contributed by atoms with Crippen LogP contribution >= 0.6 is 0 Å². The van der Waals surface area contributed by atoms with E-state index < -0.39 is 18.0 Å². The molecule has 0 unspecified atom stereocenters. The van der Waals surface area contributed by atoms with Gasteiger partial charge in [0.15, 0.2) is 0 Å². The molecule has 0 atom stereocenters. The van der Waals surface area contributed by atoms with Crippen LogP contribution in [0.5, 0.6) is 0 Å². The average molecular weight is 289 g/mol. The normalized spacial score (nSPS) is 11.7. The first-order chi connectivity index (χ1) is 9.32. The van der Waals surface area contributed by atoms with Crippen molar-refractivity contribution in [1.82, 2.24) is 14.8 Å². The number of carbonyl (C=O) groups excluding carboxylic acids is 1. The Kier molecular flexibility index (Phi) is 3.51. The number of alkyl halides is 3. The van der Waals surface area contributed by atoms with E-state index in [1.54, 1.807) is 0 Å². The first-order valence-corrected chi connectivity index (χ1v) is 5.46. The first-order valence-electron chi connectivity index (χ1n) is 5.46. The molecule has 0 aliphatic rings. The monoisotopic (exact) mass is 289 g/mol. The summed E-state index contributed by atoms with van der Waals surface area (Å²) in [5.41, 5.74) is 0.360. The molecule has 2 rings (SSSR count). The summed E-state index contributed by atoms with van der Waals surface area (Å²) in [5.74, 6) is -1.93. The number of methoxy groups -OCH3 is 1. The molecule has 108 valence electrons. The largest absolute Gasteiger partial charge is 0.463 e. The molecule has 0 bridgehead atoms. The first kappa shape index (κ1) is 14.1.